The lowest BCUT2D eigenvalue weighted by Crippen LogP contribution is -2.49. The van der Waals surface area contributed by atoms with E-state index >= 15 is 0 Å². The number of carbonyl (C=O) groups excluding carboxylic acids is 2. The van der Waals surface area contributed by atoms with E-state index in [4.69, 9.17) is 9.47 Å². The monoisotopic (exact) mass is 384 g/mol. The summed E-state index contributed by atoms with van der Waals surface area (Å²) in [6.45, 7) is 1.89. The van der Waals surface area contributed by atoms with E-state index in [0.717, 1.165) is 16.1 Å². The number of nitrogens with zero attached hydrogens (tertiary/aromatic N) is 1. The predicted octanol–water partition coefficient (Wildman–Crippen LogP) is 3.58. The summed E-state index contributed by atoms with van der Waals surface area (Å²) in [5.74, 6) is 0.917. The molecule has 0 saturated carbocycles. The maximum atomic E-state index is 13.3. The van der Waals surface area contributed by atoms with Crippen LogP contribution in [0.4, 0.5) is 11.4 Å². The molecule has 7 heteroatoms. The topological polar surface area (TPSA) is 67.9 Å². The van der Waals surface area contributed by atoms with Gasteiger partial charge < -0.3 is 14.8 Å². The highest BCUT2D eigenvalue weighted by Crippen LogP contribution is 2.56. The first-order valence-electron chi connectivity index (χ1n) is 8.65. The SMILES string of the molecule is COc1cc(C)c(NC(=O)[C@]23CCC(=O)N2c2ccccc2S3)cc1OC. The lowest BCUT2D eigenvalue weighted by molar-refractivity contribution is -0.121. The summed E-state index contributed by atoms with van der Waals surface area (Å²) in [5, 5.41) is 3.01. The molecule has 27 heavy (non-hydrogen) atoms. The molecule has 0 aromatic heterocycles. The van der Waals surface area contributed by atoms with E-state index in [9.17, 15) is 9.59 Å². The molecule has 0 aliphatic carbocycles. The third kappa shape index (κ3) is 2.65. The summed E-state index contributed by atoms with van der Waals surface area (Å²) >= 11 is 1.45. The van der Waals surface area contributed by atoms with E-state index in [2.05, 4.69) is 5.32 Å². The highest BCUT2D eigenvalue weighted by atomic mass is 32.2. The molecular weight excluding hydrogens is 364 g/mol. The van der Waals surface area contributed by atoms with Gasteiger partial charge in [0.25, 0.3) is 5.91 Å². The zero-order valence-electron chi connectivity index (χ0n) is 15.4. The Hall–Kier alpha value is -2.67. The number of hydrogen-bond donors (Lipinski definition) is 1. The minimum absolute atomic E-state index is 0.0216. The third-order valence-corrected chi connectivity index (χ3v) is 6.48. The maximum Gasteiger partial charge on any atom is 0.261 e. The summed E-state index contributed by atoms with van der Waals surface area (Å²) in [6.07, 6.45) is 0.836. The van der Waals surface area contributed by atoms with Crippen LogP contribution >= 0.6 is 11.8 Å². The van der Waals surface area contributed by atoms with Crippen LogP contribution in [0.3, 0.4) is 0 Å². The molecular formula is C20H20N2O4S. The van der Waals surface area contributed by atoms with Crippen LogP contribution in [0.5, 0.6) is 11.5 Å². The van der Waals surface area contributed by atoms with E-state index in [0.29, 0.717) is 30.0 Å². The Kier molecular flexibility index (Phi) is 4.26. The van der Waals surface area contributed by atoms with Gasteiger partial charge in [-0.3, -0.25) is 14.5 Å². The van der Waals surface area contributed by atoms with E-state index < -0.39 is 4.87 Å². The van der Waals surface area contributed by atoms with Crippen molar-refractivity contribution >= 4 is 35.0 Å². The van der Waals surface area contributed by atoms with Gasteiger partial charge in [0.15, 0.2) is 16.4 Å². The molecule has 1 atom stereocenters. The molecule has 2 amide bonds. The Labute approximate surface area is 161 Å². The van der Waals surface area contributed by atoms with Gasteiger partial charge in [-0.2, -0.15) is 0 Å². The molecule has 0 spiro atoms. The molecule has 2 aliphatic rings. The van der Waals surface area contributed by atoms with Gasteiger partial charge in [-0.15, -0.1) is 0 Å². The fourth-order valence-corrected chi connectivity index (χ4v) is 5.05. The van der Waals surface area contributed by atoms with Gasteiger partial charge in [-0.1, -0.05) is 23.9 Å². The van der Waals surface area contributed by atoms with Crippen LogP contribution in [0.2, 0.25) is 0 Å². The zero-order chi connectivity index (χ0) is 19.2. The number of para-hydroxylation sites is 1. The first kappa shape index (κ1) is 17.7. The highest BCUT2D eigenvalue weighted by Gasteiger charge is 2.57. The van der Waals surface area contributed by atoms with Gasteiger partial charge >= 0.3 is 0 Å². The van der Waals surface area contributed by atoms with Crippen molar-refractivity contribution in [2.75, 3.05) is 24.4 Å². The number of fused-ring (bicyclic) bond motifs is 3. The number of ether oxygens (including phenoxy) is 2. The molecule has 140 valence electrons. The van der Waals surface area contributed by atoms with Gasteiger partial charge in [0, 0.05) is 23.1 Å². The standard InChI is InChI=1S/C20H20N2O4S/c1-12-10-15(25-2)16(26-3)11-13(12)21-19(24)20-9-8-18(23)22(20)14-6-4-5-7-17(14)27-20/h4-7,10-11H,8-9H2,1-3H3,(H,21,24)/t20-/m1/s1. The van der Waals surface area contributed by atoms with E-state index in [1.807, 2.05) is 37.3 Å². The molecule has 2 heterocycles. The van der Waals surface area contributed by atoms with Crippen molar-refractivity contribution in [2.24, 2.45) is 0 Å². The Morgan fingerprint density at radius 1 is 1.19 bits per heavy atom. The fraction of sp³-hybridized carbons (Fsp3) is 0.300. The lowest BCUT2D eigenvalue weighted by atomic mass is 10.1. The number of amides is 2. The number of aryl methyl sites for hydroxylation is 1. The summed E-state index contributed by atoms with van der Waals surface area (Å²) in [5.41, 5.74) is 2.31. The summed E-state index contributed by atoms with van der Waals surface area (Å²) in [6, 6.07) is 11.2. The van der Waals surface area contributed by atoms with Crippen LogP contribution in [0.25, 0.3) is 0 Å². The number of anilines is 2. The maximum absolute atomic E-state index is 13.3. The van der Waals surface area contributed by atoms with Crippen LogP contribution in [0.15, 0.2) is 41.3 Å². The smallest absolute Gasteiger partial charge is 0.261 e. The largest absolute Gasteiger partial charge is 0.493 e. The quantitative estimate of drug-likeness (QED) is 0.873. The number of benzene rings is 2. The average Bonchev–Trinajstić information content (AvgIpc) is 3.19. The minimum Gasteiger partial charge on any atom is -0.493 e. The van der Waals surface area contributed by atoms with Gasteiger partial charge in [0.2, 0.25) is 5.91 Å². The highest BCUT2D eigenvalue weighted by molar-refractivity contribution is 8.02. The second-order valence-electron chi connectivity index (χ2n) is 6.56. The predicted molar refractivity (Wildman–Crippen MR) is 105 cm³/mol. The van der Waals surface area contributed by atoms with E-state index in [1.54, 1.807) is 25.2 Å². The Morgan fingerprint density at radius 3 is 2.63 bits per heavy atom. The Bertz CT molecular complexity index is 946. The molecule has 0 radical (unpaired) electrons. The second kappa shape index (κ2) is 6.49. The van der Waals surface area contributed by atoms with Crippen molar-refractivity contribution < 1.29 is 19.1 Å². The molecule has 2 aliphatic heterocycles. The van der Waals surface area contributed by atoms with Crippen molar-refractivity contribution in [1.29, 1.82) is 0 Å². The van der Waals surface area contributed by atoms with E-state index in [-0.39, 0.29) is 11.8 Å². The molecule has 1 fully saturated rings. The summed E-state index contributed by atoms with van der Waals surface area (Å²) in [7, 11) is 3.13. The number of thioether (sulfide) groups is 1. The van der Waals surface area contributed by atoms with Crippen molar-refractivity contribution in [3.8, 4) is 11.5 Å². The van der Waals surface area contributed by atoms with Crippen LogP contribution < -0.4 is 19.7 Å². The molecule has 6 nitrogen and oxygen atoms in total. The van der Waals surface area contributed by atoms with Crippen LogP contribution in [0, 0.1) is 6.92 Å². The molecule has 4 rings (SSSR count). The van der Waals surface area contributed by atoms with Crippen molar-refractivity contribution in [2.45, 2.75) is 29.5 Å². The van der Waals surface area contributed by atoms with Gasteiger partial charge in [-0.25, -0.2) is 0 Å². The Morgan fingerprint density at radius 2 is 1.89 bits per heavy atom. The number of nitrogens with one attached hydrogen (secondary N) is 1. The lowest BCUT2D eigenvalue weighted by Gasteiger charge is -2.30. The molecule has 1 N–H and O–H groups in total. The first-order chi connectivity index (χ1) is 13.0. The van der Waals surface area contributed by atoms with Crippen LogP contribution in [-0.2, 0) is 9.59 Å². The molecule has 2 aromatic carbocycles. The van der Waals surface area contributed by atoms with Crippen LogP contribution in [0.1, 0.15) is 18.4 Å². The third-order valence-electron chi connectivity index (χ3n) is 5.01. The number of hydrogen-bond acceptors (Lipinski definition) is 5. The summed E-state index contributed by atoms with van der Waals surface area (Å²) < 4.78 is 10.7. The fourth-order valence-electron chi connectivity index (χ4n) is 3.63. The average molecular weight is 384 g/mol. The molecule has 2 aromatic rings. The van der Waals surface area contributed by atoms with Gasteiger partial charge in [0.1, 0.15) is 0 Å². The zero-order valence-corrected chi connectivity index (χ0v) is 16.2. The second-order valence-corrected chi connectivity index (χ2v) is 7.88. The normalized spacial score (nSPS) is 20.3. The molecule has 0 bridgehead atoms. The number of rotatable bonds is 4. The van der Waals surface area contributed by atoms with Crippen LogP contribution in [-0.4, -0.2) is 30.9 Å². The molecule has 1 saturated heterocycles. The van der Waals surface area contributed by atoms with Gasteiger partial charge in [-0.05, 0) is 37.1 Å². The minimum atomic E-state index is -0.944. The van der Waals surface area contributed by atoms with E-state index in [1.165, 1.54) is 11.8 Å². The van der Waals surface area contributed by atoms with Crippen molar-refractivity contribution in [3.05, 3.63) is 42.0 Å². The van der Waals surface area contributed by atoms with Crippen molar-refractivity contribution in [3.63, 3.8) is 0 Å². The summed E-state index contributed by atoms with van der Waals surface area (Å²) in [4.78, 5) is 27.5. The number of carbonyl (C=O) groups is 2. The Balaban J connectivity index is 1.69. The molecule has 0 unspecified atom stereocenters. The first-order valence-corrected chi connectivity index (χ1v) is 9.47. The van der Waals surface area contributed by atoms with Crippen molar-refractivity contribution in [1.82, 2.24) is 0 Å². The number of methoxy groups -OCH3 is 2. The van der Waals surface area contributed by atoms with Gasteiger partial charge in [0.05, 0.1) is 19.9 Å².